The molecule has 1 aromatic heterocycles. The zero-order chi connectivity index (χ0) is 11.9. The summed E-state index contributed by atoms with van der Waals surface area (Å²) in [5, 5.41) is 3.46. The third kappa shape index (κ3) is 3.79. The summed E-state index contributed by atoms with van der Waals surface area (Å²) in [4.78, 5) is 6.70. The molecule has 1 aliphatic heterocycles. The van der Waals surface area contributed by atoms with Crippen LogP contribution in [0.15, 0.2) is 24.5 Å². The van der Waals surface area contributed by atoms with Crippen LogP contribution < -0.4 is 5.32 Å². The normalized spacial score (nSPS) is 20.0. The first-order valence-electron chi connectivity index (χ1n) is 6.74. The van der Waals surface area contributed by atoms with Crippen molar-refractivity contribution in [3.63, 3.8) is 0 Å². The maximum absolute atomic E-state index is 4.06. The lowest BCUT2D eigenvalue weighted by Crippen LogP contribution is -2.38. The Morgan fingerprint density at radius 3 is 2.82 bits per heavy atom. The van der Waals surface area contributed by atoms with Gasteiger partial charge < -0.3 is 5.32 Å². The van der Waals surface area contributed by atoms with Crippen molar-refractivity contribution in [1.29, 1.82) is 0 Å². The maximum atomic E-state index is 4.06. The summed E-state index contributed by atoms with van der Waals surface area (Å²) >= 11 is 0. The third-order valence-corrected chi connectivity index (χ3v) is 3.50. The highest BCUT2D eigenvalue weighted by molar-refractivity contribution is 5.10. The minimum absolute atomic E-state index is 0.747. The molecule has 2 heterocycles. The van der Waals surface area contributed by atoms with E-state index < -0.39 is 0 Å². The topological polar surface area (TPSA) is 28.2 Å². The first-order valence-corrected chi connectivity index (χ1v) is 6.74. The second kappa shape index (κ2) is 6.72. The van der Waals surface area contributed by atoms with Gasteiger partial charge in [-0.15, -0.1) is 0 Å². The molecular formula is C14H23N3. The number of pyridine rings is 1. The van der Waals surface area contributed by atoms with Gasteiger partial charge in [-0.25, -0.2) is 0 Å². The lowest BCUT2D eigenvalue weighted by molar-refractivity contribution is 0.211. The molecule has 3 heteroatoms. The van der Waals surface area contributed by atoms with E-state index in [1.54, 1.807) is 0 Å². The average molecular weight is 233 g/mol. The molecule has 0 aromatic carbocycles. The zero-order valence-electron chi connectivity index (χ0n) is 10.7. The summed E-state index contributed by atoms with van der Waals surface area (Å²) in [6.45, 7) is 7.00. The van der Waals surface area contributed by atoms with Gasteiger partial charge in [0.25, 0.3) is 0 Å². The lowest BCUT2D eigenvalue weighted by atomic mass is 10.1. The molecule has 94 valence electrons. The van der Waals surface area contributed by atoms with Crippen LogP contribution in [-0.4, -0.2) is 42.1 Å². The Balaban J connectivity index is 1.84. The molecule has 1 atom stereocenters. The van der Waals surface area contributed by atoms with Crippen molar-refractivity contribution in [3.05, 3.63) is 30.1 Å². The fourth-order valence-corrected chi connectivity index (χ4v) is 2.54. The van der Waals surface area contributed by atoms with E-state index in [0.29, 0.717) is 0 Å². The molecule has 0 saturated carbocycles. The Bertz CT molecular complexity index is 307. The van der Waals surface area contributed by atoms with Crippen molar-refractivity contribution < 1.29 is 0 Å². The SMILES string of the molecule is CCCN(CCc1ccncc1)C1CCNC1. The minimum atomic E-state index is 0.747. The smallest absolute Gasteiger partial charge is 0.0270 e. The second-order valence-corrected chi connectivity index (χ2v) is 4.79. The van der Waals surface area contributed by atoms with E-state index in [0.717, 1.165) is 19.0 Å². The number of hydrogen-bond donors (Lipinski definition) is 1. The van der Waals surface area contributed by atoms with Crippen LogP contribution in [0.1, 0.15) is 25.3 Å². The van der Waals surface area contributed by atoms with Crippen molar-refractivity contribution in [2.24, 2.45) is 0 Å². The van der Waals surface area contributed by atoms with Gasteiger partial charge in [0.1, 0.15) is 0 Å². The van der Waals surface area contributed by atoms with E-state index in [-0.39, 0.29) is 0 Å². The van der Waals surface area contributed by atoms with Gasteiger partial charge in [0.05, 0.1) is 0 Å². The van der Waals surface area contributed by atoms with Crippen molar-refractivity contribution in [2.75, 3.05) is 26.2 Å². The molecule has 0 spiro atoms. The van der Waals surface area contributed by atoms with Crippen molar-refractivity contribution >= 4 is 0 Å². The van der Waals surface area contributed by atoms with Crippen molar-refractivity contribution in [3.8, 4) is 0 Å². The van der Waals surface area contributed by atoms with Gasteiger partial charge in [0.15, 0.2) is 0 Å². The first-order chi connectivity index (χ1) is 8.40. The van der Waals surface area contributed by atoms with Crippen LogP contribution in [0.5, 0.6) is 0 Å². The standard InChI is InChI=1S/C14H23N3/c1-2-10-17(14-5-9-16-12-14)11-6-13-3-7-15-8-4-13/h3-4,7-8,14,16H,2,5-6,9-12H2,1H3. The number of nitrogens with zero attached hydrogens (tertiary/aromatic N) is 2. The third-order valence-electron chi connectivity index (χ3n) is 3.50. The summed E-state index contributed by atoms with van der Waals surface area (Å²) in [5.74, 6) is 0. The highest BCUT2D eigenvalue weighted by Gasteiger charge is 2.20. The Hall–Kier alpha value is -0.930. The molecule has 1 N–H and O–H groups in total. The first kappa shape index (κ1) is 12.5. The predicted molar refractivity (Wildman–Crippen MR) is 71.1 cm³/mol. The van der Waals surface area contributed by atoms with Crippen LogP contribution in [0.3, 0.4) is 0 Å². The monoisotopic (exact) mass is 233 g/mol. The summed E-state index contributed by atoms with van der Waals surface area (Å²) in [5.41, 5.74) is 1.40. The van der Waals surface area contributed by atoms with E-state index in [9.17, 15) is 0 Å². The van der Waals surface area contributed by atoms with E-state index in [2.05, 4.69) is 34.3 Å². The van der Waals surface area contributed by atoms with Gasteiger partial charge >= 0.3 is 0 Å². The van der Waals surface area contributed by atoms with Gasteiger partial charge in [0, 0.05) is 31.5 Å². The van der Waals surface area contributed by atoms with Crippen LogP contribution in [0.25, 0.3) is 0 Å². The Morgan fingerprint density at radius 2 is 2.18 bits per heavy atom. The van der Waals surface area contributed by atoms with Crippen LogP contribution in [-0.2, 0) is 6.42 Å². The summed E-state index contributed by atoms with van der Waals surface area (Å²) in [6.07, 6.45) is 7.45. The summed E-state index contributed by atoms with van der Waals surface area (Å²) in [7, 11) is 0. The van der Waals surface area contributed by atoms with Gasteiger partial charge in [-0.1, -0.05) is 6.92 Å². The van der Waals surface area contributed by atoms with Crippen LogP contribution >= 0.6 is 0 Å². The lowest BCUT2D eigenvalue weighted by Gasteiger charge is -2.27. The van der Waals surface area contributed by atoms with Crippen molar-refractivity contribution in [2.45, 2.75) is 32.2 Å². The quantitative estimate of drug-likeness (QED) is 0.810. The molecule has 1 unspecified atom stereocenters. The van der Waals surface area contributed by atoms with Gasteiger partial charge in [-0.2, -0.15) is 0 Å². The van der Waals surface area contributed by atoms with E-state index >= 15 is 0 Å². The molecule has 3 nitrogen and oxygen atoms in total. The number of aromatic nitrogens is 1. The number of hydrogen-bond acceptors (Lipinski definition) is 3. The molecule has 1 saturated heterocycles. The molecule has 0 bridgehead atoms. The van der Waals surface area contributed by atoms with Crippen LogP contribution in [0, 0.1) is 0 Å². The molecule has 17 heavy (non-hydrogen) atoms. The number of rotatable bonds is 6. The summed E-state index contributed by atoms with van der Waals surface area (Å²) < 4.78 is 0. The van der Waals surface area contributed by atoms with E-state index in [1.165, 1.54) is 38.0 Å². The Morgan fingerprint density at radius 1 is 1.35 bits per heavy atom. The molecule has 1 fully saturated rings. The summed E-state index contributed by atoms with van der Waals surface area (Å²) in [6, 6.07) is 4.99. The highest BCUT2D eigenvalue weighted by atomic mass is 15.2. The maximum Gasteiger partial charge on any atom is 0.0270 e. The Kier molecular flexibility index (Phi) is 4.95. The van der Waals surface area contributed by atoms with Crippen LogP contribution in [0.2, 0.25) is 0 Å². The zero-order valence-corrected chi connectivity index (χ0v) is 10.7. The fourth-order valence-electron chi connectivity index (χ4n) is 2.54. The van der Waals surface area contributed by atoms with Gasteiger partial charge in [0.2, 0.25) is 0 Å². The van der Waals surface area contributed by atoms with E-state index in [4.69, 9.17) is 0 Å². The molecule has 2 rings (SSSR count). The molecule has 1 aliphatic rings. The second-order valence-electron chi connectivity index (χ2n) is 4.79. The molecular weight excluding hydrogens is 210 g/mol. The van der Waals surface area contributed by atoms with Gasteiger partial charge in [-0.3, -0.25) is 9.88 Å². The molecule has 1 aromatic rings. The fraction of sp³-hybridized carbons (Fsp3) is 0.643. The van der Waals surface area contributed by atoms with E-state index in [1.807, 2.05) is 12.4 Å². The predicted octanol–water partition coefficient (Wildman–Crippen LogP) is 1.70. The Labute approximate surface area is 104 Å². The minimum Gasteiger partial charge on any atom is -0.315 e. The average Bonchev–Trinajstić information content (AvgIpc) is 2.89. The molecule has 0 radical (unpaired) electrons. The number of nitrogens with one attached hydrogen (secondary N) is 1. The highest BCUT2D eigenvalue weighted by Crippen LogP contribution is 2.10. The van der Waals surface area contributed by atoms with Gasteiger partial charge in [-0.05, 0) is 50.0 Å². The van der Waals surface area contributed by atoms with Crippen molar-refractivity contribution in [1.82, 2.24) is 15.2 Å². The molecule has 0 amide bonds. The largest absolute Gasteiger partial charge is 0.315 e. The van der Waals surface area contributed by atoms with Crippen LogP contribution in [0.4, 0.5) is 0 Å². The molecule has 0 aliphatic carbocycles.